The molecule has 1 atom stereocenters. The number of anilines is 1. The number of hydrogen-bond acceptors (Lipinski definition) is 6. The first-order chi connectivity index (χ1) is 12.9. The van der Waals surface area contributed by atoms with E-state index >= 15 is 0 Å². The van der Waals surface area contributed by atoms with Gasteiger partial charge in [0, 0.05) is 24.6 Å². The molecule has 8 nitrogen and oxygen atoms in total. The van der Waals surface area contributed by atoms with Gasteiger partial charge in [-0.05, 0) is 25.1 Å². The van der Waals surface area contributed by atoms with Crippen LogP contribution in [0.15, 0.2) is 42.5 Å². The molecule has 0 aliphatic carbocycles. The standard InChI is InChI=1S/C19H18N2O6/c1-12-7-8-14(10-15(12)21(24)25)20-11-13(9-18(20)22)19(23)27-17-6-4-3-5-16(17)26-2/h3-8,10,13H,9,11H2,1-2H3/t13-/m0/s1. The minimum absolute atomic E-state index is 0.0182. The lowest BCUT2D eigenvalue weighted by molar-refractivity contribution is -0.385. The van der Waals surface area contributed by atoms with E-state index in [2.05, 4.69) is 0 Å². The van der Waals surface area contributed by atoms with Gasteiger partial charge in [-0.15, -0.1) is 0 Å². The molecule has 1 aliphatic rings. The largest absolute Gasteiger partial charge is 0.493 e. The summed E-state index contributed by atoms with van der Waals surface area (Å²) in [5.74, 6) is -0.794. The van der Waals surface area contributed by atoms with Gasteiger partial charge in [0.1, 0.15) is 0 Å². The van der Waals surface area contributed by atoms with Gasteiger partial charge in [0.25, 0.3) is 5.69 Å². The summed E-state index contributed by atoms with van der Waals surface area (Å²) < 4.78 is 10.5. The molecular formula is C19H18N2O6. The van der Waals surface area contributed by atoms with Crippen LogP contribution >= 0.6 is 0 Å². The fourth-order valence-corrected chi connectivity index (χ4v) is 2.97. The number of para-hydroxylation sites is 2. The van der Waals surface area contributed by atoms with Gasteiger partial charge in [-0.2, -0.15) is 0 Å². The predicted molar refractivity (Wildman–Crippen MR) is 96.9 cm³/mol. The Morgan fingerprint density at radius 2 is 1.93 bits per heavy atom. The second kappa shape index (κ2) is 7.45. The highest BCUT2D eigenvalue weighted by Crippen LogP contribution is 2.32. The molecule has 1 fully saturated rings. The molecule has 0 spiro atoms. The van der Waals surface area contributed by atoms with Gasteiger partial charge in [-0.3, -0.25) is 19.7 Å². The molecule has 0 aromatic heterocycles. The molecule has 1 aliphatic heterocycles. The van der Waals surface area contributed by atoms with E-state index in [0.717, 1.165) is 0 Å². The first-order valence-corrected chi connectivity index (χ1v) is 8.31. The SMILES string of the molecule is COc1ccccc1OC(=O)[C@H]1CC(=O)N(c2ccc(C)c([N+](=O)[O-])c2)C1. The van der Waals surface area contributed by atoms with Crippen LogP contribution in [0, 0.1) is 23.0 Å². The number of nitrogens with zero attached hydrogens (tertiary/aromatic N) is 2. The van der Waals surface area contributed by atoms with Crippen molar-refractivity contribution in [1.29, 1.82) is 0 Å². The monoisotopic (exact) mass is 370 g/mol. The lowest BCUT2D eigenvalue weighted by Crippen LogP contribution is -2.27. The van der Waals surface area contributed by atoms with E-state index in [4.69, 9.17) is 9.47 Å². The first-order valence-electron chi connectivity index (χ1n) is 8.31. The topological polar surface area (TPSA) is 99.0 Å². The van der Waals surface area contributed by atoms with Gasteiger partial charge in [0.15, 0.2) is 11.5 Å². The van der Waals surface area contributed by atoms with Gasteiger partial charge >= 0.3 is 5.97 Å². The third-order valence-electron chi connectivity index (χ3n) is 4.44. The number of hydrogen-bond donors (Lipinski definition) is 0. The third kappa shape index (κ3) is 3.74. The van der Waals surface area contributed by atoms with Gasteiger partial charge in [-0.25, -0.2) is 0 Å². The van der Waals surface area contributed by atoms with E-state index in [1.807, 2.05) is 0 Å². The van der Waals surface area contributed by atoms with Crippen LogP contribution in [0.5, 0.6) is 11.5 Å². The molecule has 1 amide bonds. The second-order valence-corrected chi connectivity index (χ2v) is 6.21. The summed E-state index contributed by atoms with van der Waals surface area (Å²) in [5, 5.41) is 11.1. The molecule has 2 aromatic carbocycles. The van der Waals surface area contributed by atoms with E-state index in [0.29, 0.717) is 17.0 Å². The highest BCUT2D eigenvalue weighted by Gasteiger charge is 2.37. The van der Waals surface area contributed by atoms with Crippen molar-refractivity contribution in [1.82, 2.24) is 0 Å². The molecule has 8 heteroatoms. The van der Waals surface area contributed by atoms with Crippen LogP contribution < -0.4 is 14.4 Å². The first kappa shape index (κ1) is 18.4. The predicted octanol–water partition coefficient (Wildman–Crippen LogP) is 2.87. The molecule has 0 radical (unpaired) electrons. The highest BCUT2D eigenvalue weighted by atomic mass is 16.6. The minimum Gasteiger partial charge on any atom is -0.493 e. The van der Waals surface area contributed by atoms with Crippen LogP contribution in [0.2, 0.25) is 0 Å². The van der Waals surface area contributed by atoms with E-state index in [1.54, 1.807) is 43.3 Å². The van der Waals surface area contributed by atoms with Crippen LogP contribution in [0.25, 0.3) is 0 Å². The molecular weight excluding hydrogens is 352 g/mol. The molecule has 27 heavy (non-hydrogen) atoms. The molecule has 1 saturated heterocycles. The Balaban J connectivity index is 1.76. The fraction of sp³-hybridized carbons (Fsp3) is 0.263. The summed E-state index contributed by atoms with van der Waals surface area (Å²) in [7, 11) is 1.47. The number of carbonyl (C=O) groups is 2. The zero-order valence-corrected chi connectivity index (χ0v) is 14.9. The van der Waals surface area contributed by atoms with Gasteiger partial charge in [-0.1, -0.05) is 18.2 Å². The Hall–Kier alpha value is -3.42. The Labute approximate surface area is 155 Å². The quantitative estimate of drug-likeness (QED) is 0.347. The summed E-state index contributed by atoms with van der Waals surface area (Å²) in [5.41, 5.74) is 0.827. The number of ether oxygens (including phenoxy) is 2. The number of aryl methyl sites for hydroxylation is 1. The van der Waals surface area contributed by atoms with Crippen molar-refractivity contribution in [2.45, 2.75) is 13.3 Å². The Bertz CT molecular complexity index is 911. The molecule has 0 bridgehead atoms. The van der Waals surface area contributed by atoms with Crippen LogP contribution in [-0.2, 0) is 9.59 Å². The van der Waals surface area contributed by atoms with Crippen LogP contribution in [0.4, 0.5) is 11.4 Å². The summed E-state index contributed by atoms with van der Waals surface area (Å²) in [6, 6.07) is 11.3. The normalized spacial score (nSPS) is 16.3. The second-order valence-electron chi connectivity index (χ2n) is 6.21. The van der Waals surface area contributed by atoms with Crippen molar-refractivity contribution in [3.05, 3.63) is 58.1 Å². The zero-order chi connectivity index (χ0) is 19.6. The average Bonchev–Trinajstić information content (AvgIpc) is 3.04. The van der Waals surface area contributed by atoms with E-state index in [-0.39, 0.29) is 30.3 Å². The van der Waals surface area contributed by atoms with Crippen molar-refractivity contribution in [3.8, 4) is 11.5 Å². The maximum absolute atomic E-state index is 12.5. The van der Waals surface area contributed by atoms with Crippen molar-refractivity contribution in [2.75, 3.05) is 18.6 Å². The smallest absolute Gasteiger partial charge is 0.316 e. The molecule has 140 valence electrons. The molecule has 3 rings (SSSR count). The third-order valence-corrected chi connectivity index (χ3v) is 4.44. The Kier molecular flexibility index (Phi) is 5.07. The van der Waals surface area contributed by atoms with Crippen molar-refractivity contribution in [2.24, 2.45) is 5.92 Å². The van der Waals surface area contributed by atoms with Crippen LogP contribution in [-0.4, -0.2) is 30.5 Å². The fourth-order valence-electron chi connectivity index (χ4n) is 2.97. The van der Waals surface area contributed by atoms with Crippen molar-refractivity contribution >= 4 is 23.3 Å². The summed E-state index contributed by atoms with van der Waals surface area (Å²) in [6.07, 6.45) is -0.0182. The van der Waals surface area contributed by atoms with Gasteiger partial charge in [0.05, 0.1) is 23.6 Å². The van der Waals surface area contributed by atoms with E-state index in [1.165, 1.54) is 18.1 Å². The highest BCUT2D eigenvalue weighted by molar-refractivity contribution is 6.00. The number of carbonyl (C=O) groups excluding carboxylic acids is 2. The molecule has 2 aromatic rings. The van der Waals surface area contributed by atoms with E-state index < -0.39 is 16.8 Å². The molecule has 0 unspecified atom stereocenters. The van der Waals surface area contributed by atoms with Gasteiger partial charge < -0.3 is 14.4 Å². The minimum atomic E-state index is -0.664. The molecule has 0 saturated carbocycles. The zero-order valence-electron chi connectivity index (χ0n) is 14.9. The lowest BCUT2D eigenvalue weighted by Gasteiger charge is -2.17. The van der Waals surface area contributed by atoms with E-state index in [9.17, 15) is 19.7 Å². The number of esters is 1. The number of benzene rings is 2. The Morgan fingerprint density at radius 1 is 1.22 bits per heavy atom. The number of nitro benzene ring substituents is 1. The van der Waals surface area contributed by atoms with Crippen LogP contribution in [0.1, 0.15) is 12.0 Å². The van der Waals surface area contributed by atoms with Crippen molar-refractivity contribution < 1.29 is 24.0 Å². The number of rotatable bonds is 5. The van der Waals surface area contributed by atoms with Crippen LogP contribution in [0.3, 0.4) is 0 Å². The lowest BCUT2D eigenvalue weighted by atomic mass is 10.1. The van der Waals surface area contributed by atoms with Gasteiger partial charge in [0.2, 0.25) is 5.91 Å². The van der Waals surface area contributed by atoms with Crippen molar-refractivity contribution in [3.63, 3.8) is 0 Å². The number of methoxy groups -OCH3 is 1. The molecule has 1 heterocycles. The number of amides is 1. The summed E-state index contributed by atoms with van der Waals surface area (Å²) in [4.78, 5) is 36.8. The summed E-state index contributed by atoms with van der Waals surface area (Å²) >= 11 is 0. The maximum Gasteiger partial charge on any atom is 0.316 e. The average molecular weight is 370 g/mol. The maximum atomic E-state index is 12.5. The molecule has 0 N–H and O–H groups in total. The Morgan fingerprint density at radius 3 is 2.59 bits per heavy atom. The summed E-state index contributed by atoms with van der Waals surface area (Å²) in [6.45, 7) is 1.73. The number of nitro groups is 1.